The number of halogens is 3. The third kappa shape index (κ3) is 4.73. The van der Waals surface area contributed by atoms with E-state index < -0.39 is 29.4 Å². The second kappa shape index (κ2) is 8.34. The smallest absolute Gasteiger partial charge is 0.418 e. The van der Waals surface area contributed by atoms with Gasteiger partial charge in [-0.3, -0.25) is 4.79 Å². The van der Waals surface area contributed by atoms with Crippen LogP contribution in [0.3, 0.4) is 0 Å². The van der Waals surface area contributed by atoms with E-state index in [-0.39, 0.29) is 39.8 Å². The average molecular weight is 486 g/mol. The highest BCUT2D eigenvalue weighted by molar-refractivity contribution is 7.17. The van der Waals surface area contributed by atoms with Crippen LogP contribution in [0.15, 0.2) is 11.4 Å². The van der Waals surface area contributed by atoms with Crippen molar-refractivity contribution >= 4 is 33.6 Å². The van der Waals surface area contributed by atoms with Crippen LogP contribution in [0.5, 0.6) is 5.88 Å². The van der Waals surface area contributed by atoms with Gasteiger partial charge in [-0.15, -0.1) is 11.3 Å². The Morgan fingerprint density at radius 2 is 1.82 bits per heavy atom. The number of fused-ring (bicyclic) bond motifs is 3. The van der Waals surface area contributed by atoms with Crippen molar-refractivity contribution in [1.29, 1.82) is 0 Å². The summed E-state index contributed by atoms with van der Waals surface area (Å²) in [4.78, 5) is 30.8. The molecular formula is C22H26F3N3O4S. The summed E-state index contributed by atoms with van der Waals surface area (Å²) in [5.74, 6) is -0.684. The van der Waals surface area contributed by atoms with Gasteiger partial charge in [0.05, 0.1) is 21.3 Å². The first-order valence-electron chi connectivity index (χ1n) is 10.8. The van der Waals surface area contributed by atoms with Crippen LogP contribution in [0.1, 0.15) is 62.4 Å². The molecule has 0 aliphatic carbocycles. The minimum atomic E-state index is -4.62. The number of alkyl halides is 3. The summed E-state index contributed by atoms with van der Waals surface area (Å²) in [6.07, 6.45) is -2.87. The average Bonchev–Trinajstić information content (AvgIpc) is 3.23. The Kier molecular flexibility index (Phi) is 5.96. The van der Waals surface area contributed by atoms with Crippen LogP contribution >= 0.6 is 11.3 Å². The number of carbonyl (C=O) groups excluding carboxylic acids is 2. The number of hydrogen-bond donors (Lipinski definition) is 1. The summed E-state index contributed by atoms with van der Waals surface area (Å²) in [6, 6.07) is 0.697. The molecule has 180 valence electrons. The van der Waals surface area contributed by atoms with Crippen LogP contribution in [0.4, 0.5) is 18.0 Å². The van der Waals surface area contributed by atoms with E-state index in [1.54, 1.807) is 25.7 Å². The summed E-state index contributed by atoms with van der Waals surface area (Å²) in [7, 11) is 1.41. The third-order valence-electron chi connectivity index (χ3n) is 5.86. The van der Waals surface area contributed by atoms with Crippen molar-refractivity contribution in [2.75, 3.05) is 7.05 Å². The lowest BCUT2D eigenvalue weighted by molar-refractivity contribution is -0.136. The summed E-state index contributed by atoms with van der Waals surface area (Å²) < 4.78 is 52.6. The van der Waals surface area contributed by atoms with Gasteiger partial charge in [-0.2, -0.15) is 13.2 Å². The number of amides is 2. The highest BCUT2D eigenvalue weighted by Gasteiger charge is 2.46. The van der Waals surface area contributed by atoms with Gasteiger partial charge in [-0.25, -0.2) is 9.78 Å². The van der Waals surface area contributed by atoms with Crippen molar-refractivity contribution in [3.63, 3.8) is 0 Å². The molecule has 2 unspecified atom stereocenters. The predicted molar refractivity (Wildman–Crippen MR) is 117 cm³/mol. The Hall–Kier alpha value is -2.56. The highest BCUT2D eigenvalue weighted by atomic mass is 32.1. The van der Waals surface area contributed by atoms with Gasteiger partial charge in [0.15, 0.2) is 0 Å². The van der Waals surface area contributed by atoms with Gasteiger partial charge in [-0.1, -0.05) is 0 Å². The molecule has 0 aromatic carbocycles. The van der Waals surface area contributed by atoms with Gasteiger partial charge in [0.25, 0.3) is 5.91 Å². The predicted octanol–water partition coefficient (Wildman–Crippen LogP) is 4.98. The summed E-state index contributed by atoms with van der Waals surface area (Å²) in [5, 5.41) is 3.80. The lowest BCUT2D eigenvalue weighted by Gasteiger charge is -2.39. The highest BCUT2D eigenvalue weighted by Crippen LogP contribution is 2.42. The van der Waals surface area contributed by atoms with Crippen LogP contribution < -0.4 is 10.1 Å². The van der Waals surface area contributed by atoms with E-state index in [4.69, 9.17) is 9.47 Å². The van der Waals surface area contributed by atoms with Gasteiger partial charge < -0.3 is 19.7 Å². The van der Waals surface area contributed by atoms with E-state index in [2.05, 4.69) is 10.3 Å². The lowest BCUT2D eigenvalue weighted by atomic mass is 10.00. The second-order valence-electron chi connectivity index (χ2n) is 9.40. The molecule has 1 N–H and O–H groups in total. The molecule has 2 bridgehead atoms. The number of pyridine rings is 1. The van der Waals surface area contributed by atoms with Crippen LogP contribution in [-0.4, -0.2) is 52.7 Å². The molecular weight excluding hydrogens is 459 g/mol. The number of hydrogen-bond acceptors (Lipinski definition) is 6. The van der Waals surface area contributed by atoms with Crippen molar-refractivity contribution in [2.24, 2.45) is 0 Å². The SMILES string of the molecule is CNC(=O)c1csc2c(C(F)(F)F)cc(OC3CC4CCC(C3)N4C(=O)OC(C)(C)C)nc12. The number of aromatic nitrogens is 1. The zero-order valence-corrected chi connectivity index (χ0v) is 19.6. The van der Waals surface area contributed by atoms with E-state index in [0.29, 0.717) is 12.8 Å². The Morgan fingerprint density at radius 3 is 2.36 bits per heavy atom. The van der Waals surface area contributed by atoms with E-state index in [1.807, 2.05) is 0 Å². The van der Waals surface area contributed by atoms with Gasteiger partial charge >= 0.3 is 12.3 Å². The Bertz CT molecular complexity index is 1070. The topological polar surface area (TPSA) is 80.8 Å². The molecule has 0 saturated carbocycles. The van der Waals surface area contributed by atoms with Crippen LogP contribution in [0.2, 0.25) is 0 Å². The second-order valence-corrected chi connectivity index (χ2v) is 10.3. The maximum atomic E-state index is 13.7. The van der Waals surface area contributed by atoms with Crippen molar-refractivity contribution in [1.82, 2.24) is 15.2 Å². The number of nitrogens with one attached hydrogen (secondary N) is 1. The Morgan fingerprint density at radius 1 is 1.18 bits per heavy atom. The van der Waals surface area contributed by atoms with E-state index in [0.717, 1.165) is 30.2 Å². The first-order chi connectivity index (χ1) is 15.4. The van der Waals surface area contributed by atoms with E-state index >= 15 is 0 Å². The number of carbonyl (C=O) groups is 2. The normalized spacial score (nSPS) is 23.0. The first-order valence-corrected chi connectivity index (χ1v) is 11.6. The largest absolute Gasteiger partial charge is 0.474 e. The molecule has 0 radical (unpaired) electrons. The Balaban J connectivity index is 1.59. The number of nitrogens with zero attached hydrogens (tertiary/aromatic N) is 2. The van der Waals surface area contributed by atoms with E-state index in [9.17, 15) is 22.8 Å². The molecule has 4 heterocycles. The molecule has 4 rings (SSSR count). The zero-order chi connectivity index (χ0) is 24.1. The molecule has 2 aliphatic rings. The number of ether oxygens (including phenoxy) is 2. The van der Waals surface area contributed by atoms with Gasteiger partial charge in [0.1, 0.15) is 11.7 Å². The molecule has 2 amide bonds. The zero-order valence-electron chi connectivity index (χ0n) is 18.8. The van der Waals surface area contributed by atoms with E-state index in [1.165, 1.54) is 12.4 Å². The maximum Gasteiger partial charge on any atom is 0.418 e. The molecule has 7 nitrogen and oxygen atoms in total. The summed E-state index contributed by atoms with van der Waals surface area (Å²) in [5.41, 5.74) is -1.44. The molecule has 2 aromatic heterocycles. The molecule has 2 aliphatic heterocycles. The third-order valence-corrected chi connectivity index (χ3v) is 6.86. The molecule has 2 fully saturated rings. The molecule has 0 spiro atoms. The number of piperidine rings is 1. The number of thiophene rings is 1. The van der Waals surface area contributed by atoms with Gasteiger partial charge in [-0.05, 0) is 33.6 Å². The van der Waals surface area contributed by atoms with Crippen molar-refractivity contribution < 1.29 is 32.2 Å². The molecule has 2 saturated heterocycles. The van der Waals surface area contributed by atoms with Gasteiger partial charge in [0, 0.05) is 43.4 Å². The fourth-order valence-electron chi connectivity index (χ4n) is 4.56. The lowest BCUT2D eigenvalue weighted by Crippen LogP contribution is -2.50. The fourth-order valence-corrected chi connectivity index (χ4v) is 5.58. The van der Waals surface area contributed by atoms with Crippen LogP contribution in [-0.2, 0) is 10.9 Å². The summed E-state index contributed by atoms with van der Waals surface area (Å²) >= 11 is 0.828. The summed E-state index contributed by atoms with van der Waals surface area (Å²) in [6.45, 7) is 5.42. The minimum absolute atomic E-state index is 0.0293. The van der Waals surface area contributed by atoms with Crippen molar-refractivity contribution in [3.8, 4) is 5.88 Å². The Labute approximate surface area is 193 Å². The monoisotopic (exact) mass is 485 g/mol. The van der Waals surface area contributed by atoms with Crippen molar-refractivity contribution in [2.45, 2.75) is 76.4 Å². The van der Waals surface area contributed by atoms with Crippen LogP contribution in [0, 0.1) is 0 Å². The molecule has 2 atom stereocenters. The standard InChI is InChI=1S/C22H26F3N3O4S/c1-21(2,3)32-20(30)28-11-5-6-12(28)8-13(7-11)31-16-9-15(22(23,24)25)18-17(27-16)14(10-33-18)19(29)26-4/h9-13H,5-8H2,1-4H3,(H,26,29). The first kappa shape index (κ1) is 23.6. The maximum absolute atomic E-state index is 13.7. The number of rotatable bonds is 3. The molecule has 2 aromatic rings. The van der Waals surface area contributed by atoms with Gasteiger partial charge in [0.2, 0.25) is 5.88 Å². The van der Waals surface area contributed by atoms with Crippen LogP contribution in [0.25, 0.3) is 10.2 Å². The molecule has 11 heteroatoms. The fraction of sp³-hybridized carbons (Fsp3) is 0.591. The molecule has 33 heavy (non-hydrogen) atoms. The quantitative estimate of drug-likeness (QED) is 0.663. The van der Waals surface area contributed by atoms with Crippen molar-refractivity contribution in [3.05, 3.63) is 22.6 Å². The minimum Gasteiger partial charge on any atom is -0.474 e.